The minimum Gasteiger partial charge on any atom is -0.490 e. The zero-order valence-electron chi connectivity index (χ0n) is 24.6. The maximum absolute atomic E-state index is 15.3. The topological polar surface area (TPSA) is 98.3 Å². The summed E-state index contributed by atoms with van der Waals surface area (Å²) in [5.74, 6) is -4.35. The van der Waals surface area contributed by atoms with Gasteiger partial charge in [0.05, 0.1) is 12.8 Å². The van der Waals surface area contributed by atoms with Crippen molar-refractivity contribution in [1.82, 2.24) is 9.88 Å². The number of piperidine rings is 1. The Morgan fingerprint density at radius 3 is 2.41 bits per heavy atom. The second kappa shape index (κ2) is 13.6. The van der Waals surface area contributed by atoms with E-state index in [1.165, 1.54) is 7.11 Å². The summed E-state index contributed by atoms with van der Waals surface area (Å²) in [5, 5.41) is 0.555. The van der Waals surface area contributed by atoms with Crippen LogP contribution in [0, 0.1) is 23.4 Å². The largest absolute Gasteiger partial charge is 0.490 e. The number of amides is 1. The van der Waals surface area contributed by atoms with Gasteiger partial charge < -0.3 is 19.1 Å². The molecule has 0 N–H and O–H groups in total. The molecule has 3 aromatic rings. The molecule has 9 nitrogen and oxygen atoms in total. The number of hydrogen-bond acceptors (Lipinski definition) is 7. The normalized spacial score (nSPS) is 17.3. The van der Waals surface area contributed by atoms with Gasteiger partial charge in [0.25, 0.3) is 10.0 Å². The van der Waals surface area contributed by atoms with Gasteiger partial charge in [-0.3, -0.25) is 0 Å². The molecule has 0 spiro atoms. The number of benzene rings is 2. The van der Waals surface area contributed by atoms with Crippen molar-refractivity contribution in [2.24, 2.45) is 5.92 Å². The molecular formula is C30H33ClF3N3O6S. The van der Waals surface area contributed by atoms with Gasteiger partial charge in [-0.1, -0.05) is 23.7 Å². The van der Waals surface area contributed by atoms with Gasteiger partial charge >= 0.3 is 6.09 Å². The van der Waals surface area contributed by atoms with Crippen LogP contribution in [0.3, 0.4) is 0 Å². The summed E-state index contributed by atoms with van der Waals surface area (Å²) in [6.45, 7) is 5.20. The van der Waals surface area contributed by atoms with Crippen LogP contribution in [0.5, 0.6) is 5.75 Å². The fourth-order valence-electron chi connectivity index (χ4n) is 4.87. The predicted molar refractivity (Wildman–Crippen MR) is 158 cm³/mol. The van der Waals surface area contributed by atoms with Crippen LogP contribution in [0.15, 0.2) is 59.6 Å². The first-order chi connectivity index (χ1) is 20.7. The van der Waals surface area contributed by atoms with Crippen molar-refractivity contribution in [3.8, 4) is 5.75 Å². The van der Waals surface area contributed by atoms with E-state index < -0.39 is 56.5 Å². The highest BCUT2D eigenvalue weighted by Gasteiger charge is 2.36. The number of carbonyl (C=O) groups excluding carboxylic acids is 1. The van der Waals surface area contributed by atoms with Crippen LogP contribution in [0.2, 0.25) is 5.02 Å². The summed E-state index contributed by atoms with van der Waals surface area (Å²) in [5.41, 5.74) is 0.234. The Balaban J connectivity index is 1.58. The Morgan fingerprint density at radius 2 is 1.80 bits per heavy atom. The molecule has 1 aliphatic rings. The number of pyridine rings is 1. The highest BCUT2D eigenvalue weighted by Crippen LogP contribution is 2.36. The van der Waals surface area contributed by atoms with E-state index in [9.17, 15) is 17.6 Å². The first kappa shape index (κ1) is 33.3. The van der Waals surface area contributed by atoms with Gasteiger partial charge in [0, 0.05) is 43.3 Å². The van der Waals surface area contributed by atoms with Gasteiger partial charge in [-0.2, -0.15) is 0 Å². The second-order valence-corrected chi connectivity index (χ2v) is 13.5. The standard InChI is InChI=1S/C30H33ClF3N3O6S/c1-30(2,3)43-29(38)36-12-11-23(19-5-7-21(31)8-6-19)20(16-36)17-42-26-13-25(34)27(14-24(26)33)44(39,40)37(18-41-4)28-10-9-22(32)15-35-28/h5-10,13-15,20,23H,11-12,16-18H2,1-4H3. The Morgan fingerprint density at radius 1 is 1.09 bits per heavy atom. The number of halogens is 4. The number of anilines is 1. The Hall–Kier alpha value is -3.55. The van der Waals surface area contributed by atoms with Crippen molar-refractivity contribution in [3.63, 3.8) is 0 Å². The maximum Gasteiger partial charge on any atom is 0.410 e. The lowest BCUT2D eigenvalue weighted by Gasteiger charge is -2.39. The fourth-order valence-corrected chi connectivity index (χ4v) is 6.39. The van der Waals surface area contributed by atoms with Gasteiger partial charge in [0.15, 0.2) is 11.6 Å². The molecule has 4 rings (SSSR count). The zero-order chi connectivity index (χ0) is 32.2. The SMILES string of the molecule is COCN(c1ccc(F)cn1)S(=O)(=O)c1cc(F)c(OCC2CN(C(=O)OC(C)(C)C)CCC2c2ccc(Cl)cc2)cc1F. The first-order valence-corrected chi connectivity index (χ1v) is 15.5. The van der Waals surface area contributed by atoms with Gasteiger partial charge in [-0.05, 0) is 62.9 Å². The van der Waals surface area contributed by atoms with Gasteiger partial charge in [-0.25, -0.2) is 35.7 Å². The summed E-state index contributed by atoms with van der Waals surface area (Å²) >= 11 is 6.07. The molecule has 0 aliphatic carbocycles. The third-order valence-corrected chi connectivity index (χ3v) is 8.90. The summed E-state index contributed by atoms with van der Waals surface area (Å²) in [6.07, 6.45) is 0.837. The molecule has 1 aliphatic heterocycles. The Kier molecular flexibility index (Phi) is 10.3. The number of ether oxygens (including phenoxy) is 3. The zero-order valence-corrected chi connectivity index (χ0v) is 26.2. The van der Waals surface area contributed by atoms with E-state index in [1.54, 1.807) is 37.8 Å². The van der Waals surface area contributed by atoms with Crippen LogP contribution in [0.1, 0.15) is 38.7 Å². The molecule has 2 aromatic carbocycles. The lowest BCUT2D eigenvalue weighted by atomic mass is 9.81. The van der Waals surface area contributed by atoms with Gasteiger partial charge in [-0.15, -0.1) is 0 Å². The lowest BCUT2D eigenvalue weighted by molar-refractivity contribution is 0.0110. The van der Waals surface area contributed by atoms with Crippen LogP contribution in [-0.4, -0.2) is 63.5 Å². The third-order valence-electron chi connectivity index (χ3n) is 6.90. The van der Waals surface area contributed by atoms with E-state index in [0.29, 0.717) is 34.4 Å². The number of likely N-dealkylation sites (tertiary alicyclic amines) is 1. The van der Waals surface area contributed by atoms with Crippen molar-refractivity contribution < 1.29 is 40.6 Å². The van der Waals surface area contributed by atoms with Gasteiger partial charge in [0.1, 0.15) is 34.7 Å². The molecule has 2 heterocycles. The number of sulfonamides is 1. The average molecular weight is 656 g/mol. The number of methoxy groups -OCH3 is 1. The molecule has 44 heavy (non-hydrogen) atoms. The molecule has 1 fully saturated rings. The highest BCUT2D eigenvalue weighted by molar-refractivity contribution is 7.92. The van der Waals surface area contributed by atoms with Crippen molar-refractivity contribution in [1.29, 1.82) is 0 Å². The summed E-state index contributed by atoms with van der Waals surface area (Å²) in [4.78, 5) is 17.1. The number of aromatic nitrogens is 1. The first-order valence-electron chi connectivity index (χ1n) is 13.7. The van der Waals surface area contributed by atoms with Crippen molar-refractivity contribution in [3.05, 3.63) is 82.8 Å². The van der Waals surface area contributed by atoms with Crippen molar-refractivity contribution >= 4 is 33.5 Å². The van der Waals surface area contributed by atoms with Gasteiger partial charge in [0.2, 0.25) is 0 Å². The van der Waals surface area contributed by atoms with E-state index in [4.69, 9.17) is 25.8 Å². The van der Waals surface area contributed by atoms with E-state index in [0.717, 1.165) is 23.9 Å². The second-order valence-electron chi connectivity index (χ2n) is 11.3. The van der Waals surface area contributed by atoms with E-state index in [2.05, 4.69) is 4.98 Å². The van der Waals surface area contributed by atoms with E-state index in [1.807, 2.05) is 12.1 Å². The van der Waals surface area contributed by atoms with E-state index in [-0.39, 0.29) is 30.8 Å². The monoisotopic (exact) mass is 655 g/mol. The molecular weight excluding hydrogens is 623 g/mol. The predicted octanol–water partition coefficient (Wildman–Crippen LogP) is 6.37. The summed E-state index contributed by atoms with van der Waals surface area (Å²) < 4.78 is 87.4. The van der Waals surface area contributed by atoms with Crippen LogP contribution in [-0.2, 0) is 19.5 Å². The molecule has 1 saturated heterocycles. The summed E-state index contributed by atoms with van der Waals surface area (Å²) in [6, 6.07) is 10.4. The van der Waals surface area contributed by atoms with E-state index >= 15 is 8.78 Å². The number of rotatable bonds is 9. The molecule has 2 unspecified atom stereocenters. The third kappa shape index (κ3) is 7.93. The van der Waals surface area contributed by atoms with Crippen LogP contribution in [0.4, 0.5) is 23.8 Å². The van der Waals surface area contributed by atoms with Crippen LogP contribution < -0.4 is 9.04 Å². The quantitative estimate of drug-likeness (QED) is 0.247. The van der Waals surface area contributed by atoms with Crippen molar-refractivity contribution in [2.75, 3.05) is 37.8 Å². The molecule has 2 atom stereocenters. The number of carbonyl (C=O) groups is 1. The molecule has 0 bridgehead atoms. The minimum atomic E-state index is -4.73. The lowest BCUT2D eigenvalue weighted by Crippen LogP contribution is -2.46. The highest BCUT2D eigenvalue weighted by atomic mass is 35.5. The Bertz CT molecular complexity index is 1570. The minimum absolute atomic E-state index is 0.107. The number of hydrogen-bond donors (Lipinski definition) is 0. The molecule has 0 radical (unpaired) electrons. The maximum atomic E-state index is 15.3. The van der Waals surface area contributed by atoms with Crippen LogP contribution >= 0.6 is 11.6 Å². The average Bonchev–Trinajstić information content (AvgIpc) is 2.96. The molecule has 238 valence electrons. The smallest absolute Gasteiger partial charge is 0.410 e. The van der Waals surface area contributed by atoms with Crippen molar-refractivity contribution in [2.45, 2.75) is 43.6 Å². The van der Waals surface area contributed by atoms with Crippen LogP contribution in [0.25, 0.3) is 0 Å². The molecule has 1 amide bonds. The molecule has 14 heteroatoms. The fraction of sp³-hybridized carbons (Fsp3) is 0.400. The number of nitrogens with zero attached hydrogens (tertiary/aromatic N) is 3. The molecule has 1 aromatic heterocycles. The Labute approximate surface area is 259 Å². The summed E-state index contributed by atoms with van der Waals surface area (Å²) in [7, 11) is -3.53. The molecule has 0 saturated carbocycles.